The Balaban J connectivity index is 1.30. The van der Waals surface area contributed by atoms with Crippen LogP contribution in [-0.2, 0) is 14.9 Å². The van der Waals surface area contributed by atoms with E-state index in [0.29, 0.717) is 23.4 Å². The van der Waals surface area contributed by atoms with E-state index in [1.165, 1.54) is 6.07 Å². The number of thiophene rings is 2. The Bertz CT molecular complexity index is 1420. The number of hydrogen-bond acceptors (Lipinski definition) is 5. The van der Waals surface area contributed by atoms with Crippen LogP contribution in [0.5, 0.6) is 0 Å². The van der Waals surface area contributed by atoms with Gasteiger partial charge in [-0.25, -0.2) is 4.79 Å². The fourth-order valence-corrected chi connectivity index (χ4v) is 6.14. The predicted octanol–water partition coefficient (Wildman–Crippen LogP) is 8.02. The van der Waals surface area contributed by atoms with Crippen LogP contribution in [0.3, 0.4) is 0 Å². The number of halogens is 1. The largest absolute Gasteiger partial charge is 0.481 e. The van der Waals surface area contributed by atoms with Gasteiger partial charge in [-0.1, -0.05) is 48.5 Å². The molecule has 0 spiro atoms. The predicted molar refractivity (Wildman–Crippen MR) is 141 cm³/mol. The van der Waals surface area contributed by atoms with Crippen LogP contribution in [0.1, 0.15) is 42.6 Å². The van der Waals surface area contributed by atoms with Crippen molar-refractivity contribution >= 4 is 40.4 Å². The van der Waals surface area contributed by atoms with Gasteiger partial charge in [0.1, 0.15) is 6.10 Å². The third kappa shape index (κ3) is 4.66. The zero-order valence-corrected chi connectivity index (χ0v) is 21.3. The standard InChI is InChI=1S/C28H24FNO4S2/c1-16-14-35-15-22(16)17(2)34-27(33)30-23-13-24(29)36-25(23)20-5-3-18(4-6-20)19-7-9-21(10-8-19)28(11-12-28)26(31)32/h3-10,13-15,17H,11-12H2,1-2H3,(H,30,33)(H,31,32). The number of carboxylic acids is 1. The third-order valence-corrected chi connectivity index (χ3v) is 8.49. The summed E-state index contributed by atoms with van der Waals surface area (Å²) >= 11 is 2.50. The molecule has 2 N–H and O–H groups in total. The van der Waals surface area contributed by atoms with Gasteiger partial charge in [0.15, 0.2) is 5.13 Å². The maximum absolute atomic E-state index is 14.2. The fraction of sp³-hybridized carbons (Fsp3) is 0.214. The van der Waals surface area contributed by atoms with Crippen molar-refractivity contribution in [2.24, 2.45) is 0 Å². The smallest absolute Gasteiger partial charge is 0.412 e. The highest BCUT2D eigenvalue weighted by molar-refractivity contribution is 7.14. The van der Waals surface area contributed by atoms with Crippen LogP contribution in [0.15, 0.2) is 65.4 Å². The van der Waals surface area contributed by atoms with Crippen LogP contribution in [0.2, 0.25) is 0 Å². The second-order valence-corrected chi connectivity index (χ2v) is 10.8. The molecule has 1 aliphatic carbocycles. The number of carbonyl (C=O) groups is 2. The van der Waals surface area contributed by atoms with Crippen molar-refractivity contribution in [3.8, 4) is 21.6 Å². The monoisotopic (exact) mass is 521 g/mol. The quantitative estimate of drug-likeness (QED) is 0.258. The maximum Gasteiger partial charge on any atom is 0.412 e. The molecule has 2 aromatic heterocycles. The van der Waals surface area contributed by atoms with Crippen molar-refractivity contribution in [3.63, 3.8) is 0 Å². The molecular weight excluding hydrogens is 497 g/mol. The van der Waals surface area contributed by atoms with E-state index >= 15 is 0 Å². The number of ether oxygens (including phenoxy) is 1. The Hall–Kier alpha value is -3.49. The topological polar surface area (TPSA) is 75.6 Å². The highest BCUT2D eigenvalue weighted by Crippen LogP contribution is 2.48. The summed E-state index contributed by atoms with van der Waals surface area (Å²) in [5.41, 5.74) is 5.16. The second-order valence-electron chi connectivity index (χ2n) is 9.02. The van der Waals surface area contributed by atoms with Crippen LogP contribution in [0.25, 0.3) is 21.6 Å². The van der Waals surface area contributed by atoms with Gasteiger partial charge in [-0.2, -0.15) is 15.7 Å². The molecule has 1 unspecified atom stereocenters. The summed E-state index contributed by atoms with van der Waals surface area (Å²) in [6.07, 6.45) is 0.284. The van der Waals surface area contributed by atoms with E-state index in [2.05, 4.69) is 5.32 Å². The highest BCUT2D eigenvalue weighted by atomic mass is 32.1. The Morgan fingerprint density at radius 2 is 1.64 bits per heavy atom. The second kappa shape index (κ2) is 9.52. The summed E-state index contributed by atoms with van der Waals surface area (Å²) in [5, 5.41) is 15.7. The number of benzene rings is 2. The summed E-state index contributed by atoms with van der Waals surface area (Å²) < 4.78 is 19.7. The molecule has 1 amide bonds. The summed E-state index contributed by atoms with van der Waals surface area (Å²) in [7, 11) is 0. The van der Waals surface area contributed by atoms with Crippen LogP contribution < -0.4 is 5.32 Å². The number of carbonyl (C=O) groups excluding carboxylic acids is 1. The lowest BCUT2D eigenvalue weighted by atomic mass is 9.93. The molecule has 0 bridgehead atoms. The van der Waals surface area contributed by atoms with Gasteiger partial charge in [0, 0.05) is 11.6 Å². The van der Waals surface area contributed by atoms with Crippen molar-refractivity contribution in [3.05, 3.63) is 87.2 Å². The summed E-state index contributed by atoms with van der Waals surface area (Å²) in [6, 6.07) is 16.5. The van der Waals surface area contributed by atoms with Gasteiger partial charge in [0.05, 0.1) is 16.0 Å². The number of amides is 1. The van der Waals surface area contributed by atoms with Crippen LogP contribution in [0.4, 0.5) is 14.9 Å². The minimum atomic E-state index is -0.771. The van der Waals surface area contributed by atoms with E-state index in [4.69, 9.17) is 4.74 Å². The van der Waals surface area contributed by atoms with Crippen molar-refractivity contribution < 1.29 is 23.8 Å². The van der Waals surface area contributed by atoms with Gasteiger partial charge in [-0.15, -0.1) is 11.3 Å². The molecule has 1 fully saturated rings. The molecule has 1 atom stereocenters. The number of rotatable bonds is 7. The Morgan fingerprint density at radius 3 is 2.19 bits per heavy atom. The van der Waals surface area contributed by atoms with Gasteiger partial charge < -0.3 is 9.84 Å². The van der Waals surface area contributed by atoms with Gasteiger partial charge in [0.2, 0.25) is 0 Å². The molecule has 2 heterocycles. The molecule has 0 saturated heterocycles. The number of aryl methyl sites for hydroxylation is 1. The Kier molecular flexibility index (Phi) is 6.40. The van der Waals surface area contributed by atoms with Crippen molar-refractivity contribution in [2.75, 3.05) is 5.32 Å². The van der Waals surface area contributed by atoms with E-state index < -0.39 is 28.7 Å². The van der Waals surface area contributed by atoms with Gasteiger partial charge >= 0.3 is 12.1 Å². The van der Waals surface area contributed by atoms with E-state index in [1.807, 2.05) is 66.2 Å². The number of anilines is 1. The van der Waals surface area contributed by atoms with E-state index in [9.17, 15) is 19.1 Å². The first kappa shape index (κ1) is 24.2. The fourth-order valence-electron chi connectivity index (χ4n) is 4.37. The lowest BCUT2D eigenvalue weighted by molar-refractivity contribution is -0.140. The lowest BCUT2D eigenvalue weighted by Crippen LogP contribution is -2.19. The first-order chi connectivity index (χ1) is 17.3. The molecule has 0 radical (unpaired) electrons. The zero-order valence-electron chi connectivity index (χ0n) is 19.7. The van der Waals surface area contributed by atoms with Crippen molar-refractivity contribution in [2.45, 2.75) is 38.2 Å². The molecular formula is C28H24FNO4S2. The average Bonchev–Trinajstić information content (AvgIpc) is 3.45. The van der Waals surface area contributed by atoms with Gasteiger partial charge in [-0.05, 0) is 65.3 Å². The lowest BCUT2D eigenvalue weighted by Gasteiger charge is -2.14. The normalized spacial score (nSPS) is 14.8. The number of carboxylic acid groups (broad SMARTS) is 1. The summed E-state index contributed by atoms with van der Waals surface area (Å²) in [5.74, 6) is -0.771. The highest BCUT2D eigenvalue weighted by Gasteiger charge is 2.51. The molecule has 1 aliphatic rings. The Labute approximate surface area is 216 Å². The zero-order chi connectivity index (χ0) is 25.4. The first-order valence-corrected chi connectivity index (χ1v) is 13.3. The van der Waals surface area contributed by atoms with Crippen LogP contribution in [-0.4, -0.2) is 17.2 Å². The summed E-state index contributed by atoms with van der Waals surface area (Å²) in [4.78, 5) is 24.7. The molecule has 5 rings (SSSR count). The SMILES string of the molecule is Cc1cscc1C(C)OC(=O)Nc1cc(F)sc1-c1ccc(-c2ccc(C3(C(=O)O)CC3)cc2)cc1. The molecule has 2 aromatic carbocycles. The molecule has 8 heteroatoms. The Morgan fingerprint density at radius 1 is 1.03 bits per heavy atom. The average molecular weight is 522 g/mol. The van der Waals surface area contributed by atoms with Gasteiger partial charge in [0.25, 0.3) is 0 Å². The van der Waals surface area contributed by atoms with E-state index in [0.717, 1.165) is 44.7 Å². The summed E-state index contributed by atoms with van der Waals surface area (Å²) in [6.45, 7) is 3.77. The molecule has 5 nitrogen and oxygen atoms in total. The van der Waals surface area contributed by atoms with Crippen LogP contribution in [0, 0.1) is 12.1 Å². The molecule has 36 heavy (non-hydrogen) atoms. The van der Waals surface area contributed by atoms with E-state index in [1.54, 1.807) is 18.3 Å². The van der Waals surface area contributed by atoms with E-state index in [-0.39, 0.29) is 0 Å². The first-order valence-electron chi connectivity index (χ1n) is 11.5. The minimum absolute atomic E-state index is 0.359. The minimum Gasteiger partial charge on any atom is -0.481 e. The molecule has 4 aromatic rings. The number of nitrogens with one attached hydrogen (secondary N) is 1. The molecule has 0 aliphatic heterocycles. The number of hydrogen-bond donors (Lipinski definition) is 2. The maximum atomic E-state index is 14.2. The van der Waals surface area contributed by atoms with Crippen molar-refractivity contribution in [1.82, 2.24) is 0 Å². The molecule has 1 saturated carbocycles. The number of aliphatic carboxylic acids is 1. The van der Waals surface area contributed by atoms with Crippen molar-refractivity contribution in [1.29, 1.82) is 0 Å². The molecule has 184 valence electrons. The van der Waals surface area contributed by atoms with Gasteiger partial charge in [-0.3, -0.25) is 10.1 Å². The van der Waals surface area contributed by atoms with Crippen LogP contribution >= 0.6 is 22.7 Å². The third-order valence-electron chi connectivity index (χ3n) is 6.63.